The number of hydrogen-bond donors (Lipinski definition) is 1. The number of aromatic nitrogens is 2. The van der Waals surface area contributed by atoms with Crippen LogP contribution >= 0.6 is 11.3 Å². The van der Waals surface area contributed by atoms with Gasteiger partial charge in [0.05, 0.1) is 5.39 Å². The lowest BCUT2D eigenvalue weighted by Gasteiger charge is -2.32. The van der Waals surface area contributed by atoms with E-state index in [9.17, 15) is 9.90 Å². The van der Waals surface area contributed by atoms with Gasteiger partial charge in [-0.15, -0.1) is 11.3 Å². The van der Waals surface area contributed by atoms with Gasteiger partial charge in [-0.25, -0.2) is 9.97 Å². The second kappa shape index (κ2) is 8.05. The molecule has 0 radical (unpaired) electrons. The topological polar surface area (TPSA) is 75.5 Å². The number of aliphatic hydroxyl groups is 1. The van der Waals surface area contributed by atoms with E-state index in [1.165, 1.54) is 17.4 Å². The molecule has 0 saturated heterocycles. The van der Waals surface area contributed by atoms with Crippen molar-refractivity contribution in [3.63, 3.8) is 0 Å². The van der Waals surface area contributed by atoms with E-state index >= 15 is 0 Å². The maximum absolute atomic E-state index is 11.5. The van der Waals surface area contributed by atoms with Crippen molar-refractivity contribution in [3.8, 4) is 5.88 Å². The molecule has 0 bridgehead atoms. The average molecular weight is 404 g/mol. The van der Waals surface area contributed by atoms with E-state index in [2.05, 4.69) is 29.0 Å². The lowest BCUT2D eigenvalue weighted by molar-refractivity contribution is -0.125. The normalized spacial score (nSPS) is 25.8. The second-order valence-corrected chi connectivity index (χ2v) is 9.49. The van der Waals surface area contributed by atoms with E-state index in [-0.39, 0.29) is 17.8 Å². The van der Waals surface area contributed by atoms with E-state index in [1.807, 2.05) is 0 Å². The minimum atomic E-state index is -0.902. The number of thiophene rings is 1. The third kappa shape index (κ3) is 3.80. The van der Waals surface area contributed by atoms with Crippen LogP contribution in [0.25, 0.3) is 10.2 Å². The number of nitrogens with zero attached hydrogens (tertiary/aromatic N) is 3. The number of aryl methyl sites for hydroxylation is 1. The number of carbonyl (C=O) groups is 1. The fraction of sp³-hybridized carbons (Fsp3) is 0.667. The first-order valence-electron chi connectivity index (χ1n) is 10.2. The van der Waals surface area contributed by atoms with Gasteiger partial charge in [-0.1, -0.05) is 0 Å². The molecule has 6 nitrogen and oxygen atoms in total. The SMILES string of the molecule is CC(=O)[C@@H](O)C[C@H]1CCc2sc3ncnc(OC4CCC(N(C)C)CC4)c3c21. The van der Waals surface area contributed by atoms with Crippen LogP contribution in [0.15, 0.2) is 6.33 Å². The summed E-state index contributed by atoms with van der Waals surface area (Å²) in [5.41, 5.74) is 1.21. The minimum absolute atomic E-state index is 0.167. The molecule has 152 valence electrons. The van der Waals surface area contributed by atoms with Gasteiger partial charge in [0.15, 0.2) is 5.78 Å². The molecule has 0 spiro atoms. The molecule has 2 aliphatic carbocycles. The van der Waals surface area contributed by atoms with Crippen molar-refractivity contribution >= 4 is 27.3 Å². The first-order chi connectivity index (χ1) is 13.4. The minimum Gasteiger partial charge on any atom is -0.474 e. The zero-order chi connectivity index (χ0) is 19.8. The van der Waals surface area contributed by atoms with Gasteiger partial charge >= 0.3 is 0 Å². The number of carbonyl (C=O) groups excluding carboxylic acids is 1. The molecule has 1 N–H and O–H groups in total. The molecule has 2 atom stereocenters. The Balaban J connectivity index is 1.58. The number of Topliss-reactive ketones (excluding diaryl/α,β-unsaturated/α-hetero) is 1. The van der Waals surface area contributed by atoms with Crippen molar-refractivity contribution in [2.24, 2.45) is 0 Å². The summed E-state index contributed by atoms with van der Waals surface area (Å²) < 4.78 is 6.39. The quantitative estimate of drug-likeness (QED) is 0.797. The van der Waals surface area contributed by atoms with E-state index in [4.69, 9.17) is 4.74 Å². The number of hydrogen-bond acceptors (Lipinski definition) is 7. The highest BCUT2D eigenvalue weighted by atomic mass is 32.1. The average Bonchev–Trinajstić information content (AvgIpc) is 3.22. The highest BCUT2D eigenvalue weighted by Gasteiger charge is 2.33. The van der Waals surface area contributed by atoms with Crippen molar-refractivity contribution in [1.29, 1.82) is 0 Å². The van der Waals surface area contributed by atoms with Crippen LogP contribution in [0.4, 0.5) is 0 Å². The van der Waals surface area contributed by atoms with Gasteiger partial charge in [0.2, 0.25) is 5.88 Å². The molecule has 1 fully saturated rings. The van der Waals surface area contributed by atoms with Gasteiger partial charge in [0.25, 0.3) is 0 Å². The Morgan fingerprint density at radius 1 is 1.29 bits per heavy atom. The maximum atomic E-state index is 11.5. The zero-order valence-electron chi connectivity index (χ0n) is 16.9. The summed E-state index contributed by atoms with van der Waals surface area (Å²) in [6, 6.07) is 0.633. The van der Waals surface area contributed by atoms with Crippen LogP contribution in [0.1, 0.15) is 61.8 Å². The monoisotopic (exact) mass is 403 g/mol. The molecular weight excluding hydrogens is 374 g/mol. The molecule has 7 heteroatoms. The third-order valence-corrected chi connectivity index (χ3v) is 7.50. The largest absolute Gasteiger partial charge is 0.474 e. The van der Waals surface area contributed by atoms with E-state index in [1.54, 1.807) is 17.7 Å². The summed E-state index contributed by atoms with van der Waals surface area (Å²) in [6.07, 6.45) is 7.63. The van der Waals surface area contributed by atoms with Crippen LogP contribution in [0.2, 0.25) is 0 Å². The molecule has 2 aromatic heterocycles. The van der Waals surface area contributed by atoms with Gasteiger partial charge in [-0.05, 0) is 77.4 Å². The summed E-state index contributed by atoms with van der Waals surface area (Å²) in [6.45, 7) is 1.45. The molecule has 0 amide bonds. The van der Waals surface area contributed by atoms with Gasteiger partial charge in [-0.2, -0.15) is 0 Å². The Labute approximate surface area is 169 Å². The van der Waals surface area contributed by atoms with Crippen molar-refractivity contribution in [1.82, 2.24) is 14.9 Å². The number of ether oxygens (including phenoxy) is 1. The molecule has 4 rings (SSSR count). The predicted octanol–water partition coefficient (Wildman–Crippen LogP) is 3.31. The van der Waals surface area contributed by atoms with Gasteiger partial charge in [-0.3, -0.25) is 4.79 Å². The Kier molecular flexibility index (Phi) is 5.67. The third-order valence-electron chi connectivity index (χ3n) is 6.32. The summed E-state index contributed by atoms with van der Waals surface area (Å²) in [4.78, 5) is 25.1. The van der Waals surface area contributed by atoms with Crippen LogP contribution in [0, 0.1) is 0 Å². The van der Waals surface area contributed by atoms with Crippen molar-refractivity contribution in [3.05, 3.63) is 16.8 Å². The predicted molar refractivity (Wildman–Crippen MR) is 110 cm³/mol. The molecular formula is C21H29N3O3S. The Hall–Kier alpha value is -1.57. The molecule has 2 aliphatic rings. The molecule has 0 unspecified atom stereocenters. The van der Waals surface area contributed by atoms with Gasteiger partial charge < -0.3 is 14.7 Å². The van der Waals surface area contributed by atoms with E-state index < -0.39 is 6.10 Å². The fourth-order valence-electron chi connectivity index (χ4n) is 4.64. The summed E-state index contributed by atoms with van der Waals surface area (Å²) in [5.74, 6) is 0.679. The maximum Gasteiger partial charge on any atom is 0.225 e. The van der Waals surface area contributed by atoms with Crippen molar-refractivity contribution in [2.45, 2.75) is 76.0 Å². The summed E-state index contributed by atoms with van der Waals surface area (Å²) in [7, 11) is 4.29. The molecule has 0 aromatic carbocycles. The first kappa shape index (κ1) is 19.7. The standard InChI is InChI=1S/C21H29N3O3S/c1-12(25)16(26)10-13-4-9-17-18(13)19-20(22-11-23-21(19)28-17)27-15-7-5-14(6-8-15)24(2)3/h11,13-16,26H,4-10H2,1-3H3/t13-,14?,15?,16+/m1/s1. The van der Waals surface area contributed by atoms with Crippen molar-refractivity contribution in [2.75, 3.05) is 14.1 Å². The summed E-state index contributed by atoms with van der Waals surface area (Å²) >= 11 is 1.70. The van der Waals surface area contributed by atoms with Crippen LogP contribution in [0.5, 0.6) is 5.88 Å². The van der Waals surface area contributed by atoms with Crippen LogP contribution in [-0.2, 0) is 11.2 Å². The highest BCUT2D eigenvalue weighted by Crippen LogP contribution is 2.47. The van der Waals surface area contributed by atoms with Crippen molar-refractivity contribution < 1.29 is 14.6 Å². The highest BCUT2D eigenvalue weighted by molar-refractivity contribution is 7.19. The molecule has 0 aliphatic heterocycles. The van der Waals surface area contributed by atoms with Gasteiger partial charge in [0.1, 0.15) is 23.4 Å². The summed E-state index contributed by atoms with van der Waals surface area (Å²) in [5, 5.41) is 11.1. The lowest BCUT2D eigenvalue weighted by Crippen LogP contribution is -2.35. The molecule has 2 heterocycles. The van der Waals surface area contributed by atoms with E-state index in [0.29, 0.717) is 18.3 Å². The van der Waals surface area contributed by atoms with Crippen LogP contribution < -0.4 is 4.74 Å². The number of ketones is 1. The number of fused-ring (bicyclic) bond motifs is 3. The Morgan fingerprint density at radius 3 is 2.71 bits per heavy atom. The lowest BCUT2D eigenvalue weighted by atomic mass is 9.92. The fourth-order valence-corrected chi connectivity index (χ4v) is 5.87. The van der Waals surface area contributed by atoms with Crippen LogP contribution in [0.3, 0.4) is 0 Å². The first-order valence-corrected chi connectivity index (χ1v) is 11.0. The number of rotatable bonds is 6. The molecule has 28 heavy (non-hydrogen) atoms. The Bertz CT molecular complexity index is 858. The van der Waals surface area contributed by atoms with Crippen LogP contribution in [-0.4, -0.2) is 58.1 Å². The zero-order valence-corrected chi connectivity index (χ0v) is 17.7. The van der Waals surface area contributed by atoms with E-state index in [0.717, 1.165) is 48.7 Å². The Morgan fingerprint density at radius 2 is 2.04 bits per heavy atom. The van der Waals surface area contributed by atoms with Gasteiger partial charge in [0, 0.05) is 10.9 Å². The molecule has 1 saturated carbocycles. The smallest absolute Gasteiger partial charge is 0.225 e. The second-order valence-electron chi connectivity index (χ2n) is 8.41. The molecule has 2 aromatic rings. The number of aliphatic hydroxyl groups excluding tert-OH is 1.